The molecule has 0 bridgehead atoms. The van der Waals surface area contributed by atoms with E-state index in [0.29, 0.717) is 28.6 Å². The maximum atomic E-state index is 12.2. The van der Waals surface area contributed by atoms with E-state index in [1.54, 1.807) is 6.07 Å². The molecule has 1 rings (SSSR count). The van der Waals surface area contributed by atoms with Crippen molar-refractivity contribution in [1.82, 2.24) is 10.2 Å². The van der Waals surface area contributed by atoms with Gasteiger partial charge in [0, 0.05) is 19.2 Å². The van der Waals surface area contributed by atoms with Gasteiger partial charge in [-0.05, 0) is 25.6 Å². The van der Waals surface area contributed by atoms with Gasteiger partial charge in [0.15, 0.2) is 0 Å². The highest BCUT2D eigenvalue weighted by Crippen LogP contribution is 2.28. The van der Waals surface area contributed by atoms with Gasteiger partial charge in [-0.2, -0.15) is 0 Å². The van der Waals surface area contributed by atoms with Gasteiger partial charge in [0.05, 0.1) is 23.4 Å². The fourth-order valence-electron chi connectivity index (χ4n) is 2.08. The first-order valence-electron chi connectivity index (χ1n) is 7.17. The van der Waals surface area contributed by atoms with E-state index in [4.69, 9.17) is 22.1 Å². The minimum absolute atomic E-state index is 0.207. The zero-order valence-corrected chi connectivity index (χ0v) is 13.7. The van der Waals surface area contributed by atoms with Gasteiger partial charge in [0.1, 0.15) is 5.75 Å². The molecule has 0 radical (unpaired) electrons. The van der Waals surface area contributed by atoms with Crippen molar-refractivity contribution in [3.63, 3.8) is 0 Å². The summed E-state index contributed by atoms with van der Waals surface area (Å²) in [5.74, 6) is 0.219. The molecule has 118 valence electrons. The summed E-state index contributed by atoms with van der Waals surface area (Å²) in [5.41, 5.74) is 6.50. The number of ether oxygens (including phenoxy) is 1. The summed E-state index contributed by atoms with van der Waals surface area (Å²) < 4.78 is 5.18. The zero-order chi connectivity index (χ0) is 15.8. The van der Waals surface area contributed by atoms with Crippen molar-refractivity contribution in [3.8, 4) is 5.75 Å². The van der Waals surface area contributed by atoms with Gasteiger partial charge < -0.3 is 20.7 Å². The molecule has 0 atom stereocenters. The lowest BCUT2D eigenvalue weighted by Gasteiger charge is -2.19. The van der Waals surface area contributed by atoms with Crippen molar-refractivity contribution in [2.24, 2.45) is 0 Å². The Hall–Kier alpha value is -1.46. The molecule has 0 aliphatic carbocycles. The summed E-state index contributed by atoms with van der Waals surface area (Å²) in [6, 6.07) is 3.10. The predicted octanol–water partition coefficient (Wildman–Crippen LogP) is 2.39. The molecule has 3 N–H and O–H groups in total. The number of benzene rings is 1. The molecule has 1 amide bonds. The molecule has 0 aliphatic heterocycles. The van der Waals surface area contributed by atoms with Crippen molar-refractivity contribution >= 4 is 23.2 Å². The van der Waals surface area contributed by atoms with Crippen molar-refractivity contribution < 1.29 is 9.53 Å². The molecule has 0 heterocycles. The largest absolute Gasteiger partial charge is 0.496 e. The molecule has 1 aromatic carbocycles. The first kappa shape index (κ1) is 17.6. The van der Waals surface area contributed by atoms with Crippen molar-refractivity contribution in [1.29, 1.82) is 0 Å². The van der Waals surface area contributed by atoms with E-state index >= 15 is 0 Å². The summed E-state index contributed by atoms with van der Waals surface area (Å²) in [6.45, 7) is 7.66. The molecule has 5 nitrogen and oxygen atoms in total. The van der Waals surface area contributed by atoms with Crippen LogP contribution >= 0.6 is 11.6 Å². The van der Waals surface area contributed by atoms with Crippen LogP contribution < -0.4 is 15.8 Å². The first-order valence-corrected chi connectivity index (χ1v) is 7.54. The van der Waals surface area contributed by atoms with Crippen LogP contribution in [0.15, 0.2) is 12.1 Å². The van der Waals surface area contributed by atoms with Crippen LogP contribution in [0.3, 0.4) is 0 Å². The van der Waals surface area contributed by atoms with Crippen LogP contribution in [0.1, 0.15) is 30.6 Å². The lowest BCUT2D eigenvalue weighted by molar-refractivity contribution is 0.0945. The van der Waals surface area contributed by atoms with E-state index in [1.165, 1.54) is 13.2 Å². The highest BCUT2D eigenvalue weighted by atomic mass is 35.5. The van der Waals surface area contributed by atoms with E-state index in [1.807, 2.05) is 0 Å². The monoisotopic (exact) mass is 313 g/mol. The second kappa shape index (κ2) is 8.74. The number of rotatable bonds is 8. The summed E-state index contributed by atoms with van der Waals surface area (Å²) in [7, 11) is 1.50. The number of hydrogen-bond donors (Lipinski definition) is 2. The zero-order valence-electron chi connectivity index (χ0n) is 12.9. The Bertz CT molecular complexity index is 480. The fraction of sp³-hybridized carbons (Fsp3) is 0.533. The third kappa shape index (κ3) is 5.10. The Kier molecular flexibility index (Phi) is 7.32. The minimum Gasteiger partial charge on any atom is -0.496 e. The van der Waals surface area contributed by atoms with Crippen LogP contribution in [0, 0.1) is 0 Å². The number of anilines is 1. The smallest absolute Gasteiger partial charge is 0.255 e. The number of methoxy groups -OCH3 is 1. The molecule has 0 aromatic heterocycles. The van der Waals surface area contributed by atoms with Crippen LogP contribution in [0.4, 0.5) is 5.69 Å². The van der Waals surface area contributed by atoms with E-state index < -0.39 is 0 Å². The molecule has 0 saturated carbocycles. The van der Waals surface area contributed by atoms with Gasteiger partial charge >= 0.3 is 0 Å². The van der Waals surface area contributed by atoms with Crippen LogP contribution in [0.5, 0.6) is 5.75 Å². The summed E-state index contributed by atoms with van der Waals surface area (Å²) >= 11 is 5.97. The number of hydrogen-bond acceptors (Lipinski definition) is 4. The first-order chi connectivity index (χ1) is 10.0. The van der Waals surface area contributed by atoms with Gasteiger partial charge in [-0.1, -0.05) is 25.4 Å². The van der Waals surface area contributed by atoms with E-state index in [-0.39, 0.29) is 5.91 Å². The average molecular weight is 314 g/mol. The normalized spacial score (nSPS) is 10.7. The number of nitrogens with one attached hydrogen (secondary N) is 1. The number of amides is 1. The number of halogens is 1. The standard InChI is InChI=1S/C15H24ClN3O2/c1-4-7-19(5-2)8-6-18-15(20)11-9-12(16)13(17)10-14(11)21-3/h9-10H,4-8,17H2,1-3H3,(H,18,20). The van der Waals surface area contributed by atoms with Crippen LogP contribution in [-0.4, -0.2) is 44.1 Å². The van der Waals surface area contributed by atoms with E-state index in [2.05, 4.69) is 24.1 Å². The molecular weight excluding hydrogens is 290 g/mol. The van der Waals surface area contributed by atoms with E-state index in [9.17, 15) is 4.79 Å². The molecule has 0 spiro atoms. The third-order valence-corrected chi connectivity index (χ3v) is 3.59. The molecule has 21 heavy (non-hydrogen) atoms. The Labute approximate surface area is 131 Å². The van der Waals surface area contributed by atoms with Gasteiger partial charge in [-0.15, -0.1) is 0 Å². The number of nitrogens with zero attached hydrogens (tertiary/aromatic N) is 1. The number of carbonyl (C=O) groups is 1. The number of nitrogen functional groups attached to an aromatic ring is 1. The highest BCUT2D eigenvalue weighted by molar-refractivity contribution is 6.33. The topological polar surface area (TPSA) is 67.6 Å². The van der Waals surface area contributed by atoms with Gasteiger partial charge in [-0.3, -0.25) is 4.79 Å². The Morgan fingerprint density at radius 3 is 2.67 bits per heavy atom. The summed E-state index contributed by atoms with van der Waals surface area (Å²) in [5, 5.41) is 3.23. The quantitative estimate of drug-likeness (QED) is 0.723. The molecule has 6 heteroatoms. The van der Waals surface area contributed by atoms with Gasteiger partial charge in [0.2, 0.25) is 0 Å². The SMILES string of the molecule is CCCN(CC)CCNC(=O)c1cc(Cl)c(N)cc1OC. The van der Waals surface area contributed by atoms with Crippen molar-refractivity contribution in [2.45, 2.75) is 20.3 Å². The fourth-order valence-corrected chi connectivity index (χ4v) is 2.25. The third-order valence-electron chi connectivity index (χ3n) is 3.26. The minimum atomic E-state index is -0.207. The Balaban J connectivity index is 2.65. The Morgan fingerprint density at radius 2 is 2.10 bits per heavy atom. The molecule has 0 unspecified atom stereocenters. The lowest BCUT2D eigenvalue weighted by atomic mass is 10.1. The van der Waals surface area contributed by atoms with Crippen molar-refractivity contribution in [2.75, 3.05) is 39.0 Å². The highest BCUT2D eigenvalue weighted by Gasteiger charge is 2.14. The summed E-state index contributed by atoms with van der Waals surface area (Å²) in [6.07, 6.45) is 1.10. The van der Waals surface area contributed by atoms with E-state index in [0.717, 1.165) is 26.1 Å². The molecule has 0 fully saturated rings. The van der Waals surface area contributed by atoms with Crippen LogP contribution in [-0.2, 0) is 0 Å². The second-order valence-corrected chi connectivity index (χ2v) is 5.17. The number of carbonyl (C=O) groups excluding carboxylic acids is 1. The van der Waals surface area contributed by atoms with Gasteiger partial charge in [-0.25, -0.2) is 0 Å². The van der Waals surface area contributed by atoms with Crippen LogP contribution in [0.25, 0.3) is 0 Å². The predicted molar refractivity (Wildman–Crippen MR) is 87.2 cm³/mol. The number of likely N-dealkylation sites (N-methyl/N-ethyl adjacent to an activating group) is 1. The van der Waals surface area contributed by atoms with Crippen molar-refractivity contribution in [3.05, 3.63) is 22.7 Å². The lowest BCUT2D eigenvalue weighted by Crippen LogP contribution is -2.35. The maximum Gasteiger partial charge on any atom is 0.255 e. The average Bonchev–Trinajstić information content (AvgIpc) is 2.48. The van der Waals surface area contributed by atoms with Gasteiger partial charge in [0.25, 0.3) is 5.91 Å². The maximum absolute atomic E-state index is 12.2. The molecule has 0 aliphatic rings. The Morgan fingerprint density at radius 1 is 1.38 bits per heavy atom. The molecular formula is C15H24ClN3O2. The number of nitrogens with two attached hydrogens (primary N) is 1. The molecule has 0 saturated heterocycles. The summed E-state index contributed by atoms with van der Waals surface area (Å²) in [4.78, 5) is 14.5. The molecule has 1 aromatic rings. The van der Waals surface area contributed by atoms with Crippen LogP contribution in [0.2, 0.25) is 5.02 Å². The second-order valence-electron chi connectivity index (χ2n) is 4.76.